The summed E-state index contributed by atoms with van der Waals surface area (Å²) >= 11 is 0. The zero-order valence-corrected chi connectivity index (χ0v) is 8.43. The van der Waals surface area contributed by atoms with Gasteiger partial charge in [0.2, 0.25) is 0 Å². The van der Waals surface area contributed by atoms with Crippen LogP contribution in [0.2, 0.25) is 0 Å². The highest BCUT2D eigenvalue weighted by Gasteiger charge is 2.19. The minimum absolute atomic E-state index is 0.120. The van der Waals surface area contributed by atoms with E-state index in [1.165, 1.54) is 6.92 Å². The van der Waals surface area contributed by atoms with Crippen LogP contribution in [0, 0.1) is 18.6 Å². The van der Waals surface area contributed by atoms with E-state index in [4.69, 9.17) is 5.73 Å². The van der Waals surface area contributed by atoms with Gasteiger partial charge in [-0.1, -0.05) is 0 Å². The van der Waals surface area contributed by atoms with Crippen LogP contribution in [-0.4, -0.2) is 12.6 Å². The molecular formula is C10H11F2NO2. The van der Waals surface area contributed by atoms with Gasteiger partial charge >= 0.3 is 5.97 Å². The second-order valence-corrected chi connectivity index (χ2v) is 2.99. The Morgan fingerprint density at radius 2 is 2.07 bits per heavy atom. The molecule has 0 aliphatic heterocycles. The lowest BCUT2D eigenvalue weighted by molar-refractivity contribution is 0.0521. The predicted octanol–water partition coefficient (Wildman–Crippen LogP) is 2.03. The van der Waals surface area contributed by atoms with Crippen LogP contribution < -0.4 is 5.73 Å². The molecule has 1 aromatic carbocycles. The van der Waals surface area contributed by atoms with Crippen molar-refractivity contribution in [1.82, 2.24) is 0 Å². The molecule has 0 fully saturated rings. The molecule has 0 bridgehead atoms. The second-order valence-electron chi connectivity index (χ2n) is 2.99. The molecule has 82 valence electrons. The molecule has 0 saturated heterocycles. The van der Waals surface area contributed by atoms with Crippen molar-refractivity contribution in [2.75, 3.05) is 12.3 Å². The average molecular weight is 215 g/mol. The van der Waals surface area contributed by atoms with E-state index >= 15 is 0 Å². The predicted molar refractivity (Wildman–Crippen MR) is 51.5 cm³/mol. The van der Waals surface area contributed by atoms with Crippen molar-refractivity contribution in [3.05, 3.63) is 28.8 Å². The van der Waals surface area contributed by atoms with E-state index in [1.54, 1.807) is 6.92 Å². The maximum atomic E-state index is 13.4. The molecule has 0 heterocycles. The maximum absolute atomic E-state index is 13.4. The van der Waals surface area contributed by atoms with Crippen LogP contribution in [0.25, 0.3) is 0 Å². The van der Waals surface area contributed by atoms with Crippen LogP contribution in [0.5, 0.6) is 0 Å². The van der Waals surface area contributed by atoms with Crippen molar-refractivity contribution >= 4 is 11.7 Å². The van der Waals surface area contributed by atoms with Crippen LogP contribution in [0.1, 0.15) is 22.8 Å². The number of rotatable bonds is 2. The third-order valence-corrected chi connectivity index (χ3v) is 1.94. The largest absolute Gasteiger partial charge is 0.462 e. The van der Waals surface area contributed by atoms with E-state index in [0.717, 1.165) is 6.07 Å². The normalized spacial score (nSPS) is 10.1. The van der Waals surface area contributed by atoms with Gasteiger partial charge < -0.3 is 10.5 Å². The summed E-state index contributed by atoms with van der Waals surface area (Å²) in [6.45, 7) is 2.92. The van der Waals surface area contributed by atoms with Crippen molar-refractivity contribution in [3.8, 4) is 0 Å². The highest BCUT2D eigenvalue weighted by atomic mass is 19.1. The van der Waals surface area contributed by atoms with Gasteiger partial charge in [0.25, 0.3) is 0 Å². The van der Waals surface area contributed by atoms with E-state index in [1.807, 2.05) is 0 Å². The van der Waals surface area contributed by atoms with Gasteiger partial charge in [-0.2, -0.15) is 0 Å². The van der Waals surface area contributed by atoms with Crippen LogP contribution in [0.4, 0.5) is 14.5 Å². The minimum Gasteiger partial charge on any atom is -0.462 e. The van der Waals surface area contributed by atoms with Crippen LogP contribution in [-0.2, 0) is 4.74 Å². The second kappa shape index (κ2) is 4.25. The number of nitrogen functional groups attached to an aromatic ring is 1. The number of carbonyl (C=O) groups is 1. The van der Waals surface area contributed by atoms with Gasteiger partial charge in [-0.15, -0.1) is 0 Å². The first-order chi connectivity index (χ1) is 6.99. The standard InChI is InChI=1S/C10H11F2NO2/c1-3-15-10(14)6-4-7(13)9(12)5(2)8(6)11/h4H,3,13H2,1-2H3. The van der Waals surface area contributed by atoms with Gasteiger partial charge in [0.15, 0.2) is 5.82 Å². The molecule has 0 aromatic heterocycles. The monoisotopic (exact) mass is 215 g/mol. The molecule has 1 aromatic rings. The smallest absolute Gasteiger partial charge is 0.341 e. The summed E-state index contributed by atoms with van der Waals surface area (Å²) in [6.07, 6.45) is 0. The van der Waals surface area contributed by atoms with Crippen LogP contribution in [0.3, 0.4) is 0 Å². The van der Waals surface area contributed by atoms with E-state index in [-0.39, 0.29) is 23.4 Å². The fourth-order valence-electron chi connectivity index (χ4n) is 1.15. The van der Waals surface area contributed by atoms with E-state index in [0.29, 0.717) is 0 Å². The third kappa shape index (κ3) is 2.06. The Morgan fingerprint density at radius 3 is 2.60 bits per heavy atom. The molecular weight excluding hydrogens is 204 g/mol. The molecule has 0 aliphatic carbocycles. The number of hydrogen-bond acceptors (Lipinski definition) is 3. The Bertz CT molecular complexity index is 405. The molecule has 0 radical (unpaired) electrons. The number of ether oxygens (including phenoxy) is 1. The van der Waals surface area contributed by atoms with Crippen molar-refractivity contribution < 1.29 is 18.3 Å². The number of hydrogen-bond donors (Lipinski definition) is 1. The molecule has 2 N–H and O–H groups in total. The van der Waals surface area contributed by atoms with Gasteiger partial charge in [-0.05, 0) is 19.9 Å². The Balaban J connectivity index is 3.26. The van der Waals surface area contributed by atoms with Gasteiger partial charge in [-0.25, -0.2) is 13.6 Å². The number of anilines is 1. The first-order valence-electron chi connectivity index (χ1n) is 4.40. The third-order valence-electron chi connectivity index (χ3n) is 1.94. The van der Waals surface area contributed by atoms with Crippen molar-refractivity contribution in [1.29, 1.82) is 0 Å². The Hall–Kier alpha value is -1.65. The van der Waals surface area contributed by atoms with Crippen LogP contribution >= 0.6 is 0 Å². The van der Waals surface area contributed by atoms with E-state index < -0.39 is 17.6 Å². The SMILES string of the molecule is CCOC(=O)c1cc(N)c(F)c(C)c1F. The number of nitrogens with two attached hydrogens (primary N) is 1. The Kier molecular flexibility index (Phi) is 3.24. The average Bonchev–Trinajstić information content (AvgIpc) is 2.20. The zero-order chi connectivity index (χ0) is 11.6. The lowest BCUT2D eigenvalue weighted by atomic mass is 10.1. The molecule has 15 heavy (non-hydrogen) atoms. The molecule has 1 rings (SSSR count). The van der Waals surface area contributed by atoms with Gasteiger partial charge in [-0.3, -0.25) is 0 Å². The van der Waals surface area contributed by atoms with Crippen LogP contribution in [0.15, 0.2) is 6.07 Å². The highest BCUT2D eigenvalue weighted by molar-refractivity contribution is 5.91. The van der Waals surface area contributed by atoms with E-state index in [2.05, 4.69) is 4.74 Å². The summed E-state index contributed by atoms with van der Waals surface area (Å²) in [6, 6.07) is 0.940. The summed E-state index contributed by atoms with van der Waals surface area (Å²) in [5, 5.41) is 0. The quantitative estimate of drug-likeness (QED) is 0.606. The lowest BCUT2D eigenvalue weighted by Gasteiger charge is -2.08. The summed E-state index contributed by atoms with van der Waals surface area (Å²) in [5.41, 5.74) is 4.39. The fourth-order valence-corrected chi connectivity index (χ4v) is 1.15. The number of esters is 1. The van der Waals surface area contributed by atoms with Gasteiger partial charge in [0.05, 0.1) is 17.9 Å². The molecule has 0 spiro atoms. The molecule has 0 amide bonds. The summed E-state index contributed by atoms with van der Waals surface area (Å²) in [7, 11) is 0. The number of carbonyl (C=O) groups excluding carboxylic acids is 1. The van der Waals surface area contributed by atoms with E-state index in [9.17, 15) is 13.6 Å². The Labute approximate surface area is 85.8 Å². The maximum Gasteiger partial charge on any atom is 0.341 e. The summed E-state index contributed by atoms with van der Waals surface area (Å²) in [4.78, 5) is 11.2. The van der Waals surface area contributed by atoms with Gasteiger partial charge in [0, 0.05) is 5.56 Å². The number of halogens is 2. The lowest BCUT2D eigenvalue weighted by Crippen LogP contribution is -2.10. The first-order valence-corrected chi connectivity index (χ1v) is 4.40. The molecule has 3 nitrogen and oxygen atoms in total. The van der Waals surface area contributed by atoms with Crippen molar-refractivity contribution in [2.45, 2.75) is 13.8 Å². The van der Waals surface area contributed by atoms with Crippen molar-refractivity contribution in [2.24, 2.45) is 0 Å². The molecule has 0 aliphatic rings. The number of benzene rings is 1. The molecule has 0 atom stereocenters. The first kappa shape index (κ1) is 11.4. The topological polar surface area (TPSA) is 52.3 Å². The molecule has 5 heteroatoms. The van der Waals surface area contributed by atoms with Crippen molar-refractivity contribution in [3.63, 3.8) is 0 Å². The summed E-state index contributed by atoms with van der Waals surface area (Å²) in [5.74, 6) is -2.62. The minimum atomic E-state index is -0.930. The highest BCUT2D eigenvalue weighted by Crippen LogP contribution is 2.22. The molecule has 0 saturated carbocycles. The summed E-state index contributed by atoms with van der Waals surface area (Å²) < 4.78 is 31.1. The zero-order valence-electron chi connectivity index (χ0n) is 8.43. The fraction of sp³-hybridized carbons (Fsp3) is 0.300. The Morgan fingerprint density at radius 1 is 1.47 bits per heavy atom. The van der Waals surface area contributed by atoms with Gasteiger partial charge in [0.1, 0.15) is 5.82 Å². The molecule has 0 unspecified atom stereocenters.